The average Bonchev–Trinajstić information content (AvgIpc) is 3.38. The number of imide groups is 1. The van der Waals surface area contributed by atoms with Crippen LogP contribution in [0.25, 0.3) is 0 Å². The molecular weight excluding hydrogens is 446 g/mol. The van der Waals surface area contributed by atoms with E-state index in [4.69, 9.17) is 14.2 Å². The lowest BCUT2D eigenvalue weighted by Crippen LogP contribution is -2.55. The van der Waals surface area contributed by atoms with Gasteiger partial charge in [-0.3, -0.25) is 14.5 Å². The number of benzene rings is 1. The standard InChI is InChI=1S/C23H27N3O8/c1-2-32-23(31)25-24-14-8-15(27)20(28)18-12(14)4-5-13-19(18)22(30)26(21(13)29)9-11-3-6-16-17(7-11)34-10-33-16/h3,6-7,12-13,15,18-20,27-28H,2,4-5,8-10H2,1H3,(H,25,31)/t12-,13-,15-,18+,19+,20-/m1/s1. The average molecular weight is 473 g/mol. The van der Waals surface area contributed by atoms with Gasteiger partial charge in [-0.1, -0.05) is 6.07 Å². The molecule has 0 radical (unpaired) electrons. The van der Waals surface area contributed by atoms with E-state index in [1.54, 1.807) is 25.1 Å². The molecule has 11 heteroatoms. The maximum Gasteiger partial charge on any atom is 0.427 e. The molecule has 182 valence electrons. The molecule has 2 saturated carbocycles. The third-order valence-corrected chi connectivity index (χ3v) is 7.21. The first-order valence-electron chi connectivity index (χ1n) is 11.5. The van der Waals surface area contributed by atoms with E-state index in [1.807, 2.05) is 0 Å². The Hall–Kier alpha value is -3.18. The number of aliphatic hydroxyl groups excluding tert-OH is 2. The molecule has 1 aromatic rings. The maximum absolute atomic E-state index is 13.5. The van der Waals surface area contributed by atoms with Crippen molar-refractivity contribution < 1.29 is 38.8 Å². The van der Waals surface area contributed by atoms with Crippen LogP contribution < -0.4 is 14.9 Å². The van der Waals surface area contributed by atoms with E-state index >= 15 is 0 Å². The third-order valence-electron chi connectivity index (χ3n) is 7.21. The maximum atomic E-state index is 13.5. The van der Waals surface area contributed by atoms with Gasteiger partial charge in [0.05, 0.1) is 37.2 Å². The highest BCUT2D eigenvalue weighted by Gasteiger charge is 2.59. The van der Waals surface area contributed by atoms with Gasteiger partial charge in [-0.05, 0) is 37.5 Å². The van der Waals surface area contributed by atoms with Crippen molar-refractivity contribution in [3.63, 3.8) is 0 Å². The first-order chi connectivity index (χ1) is 16.4. The lowest BCUT2D eigenvalue weighted by molar-refractivity contribution is -0.142. The second kappa shape index (κ2) is 8.88. The minimum atomic E-state index is -1.18. The lowest BCUT2D eigenvalue weighted by atomic mass is 9.60. The zero-order chi connectivity index (χ0) is 24.0. The number of nitrogens with zero attached hydrogens (tertiary/aromatic N) is 2. The molecule has 0 aromatic heterocycles. The number of amides is 3. The molecule has 34 heavy (non-hydrogen) atoms. The molecule has 2 aliphatic heterocycles. The van der Waals surface area contributed by atoms with Crippen molar-refractivity contribution in [1.82, 2.24) is 10.3 Å². The molecule has 3 N–H and O–H groups in total. The minimum absolute atomic E-state index is 0.0647. The topological polar surface area (TPSA) is 147 Å². The Morgan fingerprint density at radius 1 is 1.18 bits per heavy atom. The number of aliphatic hydroxyl groups is 2. The molecule has 0 unspecified atom stereocenters. The Bertz CT molecular complexity index is 1040. The van der Waals surface area contributed by atoms with E-state index in [2.05, 4.69) is 10.5 Å². The van der Waals surface area contributed by atoms with Gasteiger partial charge in [-0.15, -0.1) is 0 Å². The molecule has 11 nitrogen and oxygen atoms in total. The Balaban J connectivity index is 1.38. The van der Waals surface area contributed by atoms with Crippen LogP contribution in [0, 0.1) is 23.7 Å². The van der Waals surface area contributed by atoms with Gasteiger partial charge in [0.1, 0.15) is 0 Å². The van der Waals surface area contributed by atoms with Crippen LogP contribution in [0.5, 0.6) is 11.5 Å². The fraction of sp³-hybridized carbons (Fsp3) is 0.565. The second-order valence-electron chi connectivity index (χ2n) is 9.04. The summed E-state index contributed by atoms with van der Waals surface area (Å²) in [5.74, 6) is -1.82. The monoisotopic (exact) mass is 473 g/mol. The van der Waals surface area contributed by atoms with Crippen LogP contribution in [-0.2, 0) is 20.9 Å². The normalized spacial score (nSPS) is 33.0. The predicted octanol–water partition coefficient (Wildman–Crippen LogP) is 0.770. The van der Waals surface area contributed by atoms with Crippen molar-refractivity contribution in [2.24, 2.45) is 28.8 Å². The number of carbonyl (C=O) groups is 3. The molecule has 3 amide bonds. The van der Waals surface area contributed by atoms with Crippen LogP contribution in [0.15, 0.2) is 23.3 Å². The van der Waals surface area contributed by atoms with Gasteiger partial charge < -0.3 is 24.4 Å². The number of carbonyl (C=O) groups excluding carboxylic acids is 3. The Kier molecular flexibility index (Phi) is 5.90. The smallest absolute Gasteiger partial charge is 0.427 e. The van der Waals surface area contributed by atoms with Gasteiger partial charge in [-0.25, -0.2) is 10.2 Å². The van der Waals surface area contributed by atoms with E-state index in [0.29, 0.717) is 30.1 Å². The summed E-state index contributed by atoms with van der Waals surface area (Å²) in [6.45, 7) is 2.07. The van der Waals surface area contributed by atoms with E-state index < -0.39 is 36.1 Å². The van der Waals surface area contributed by atoms with Crippen LogP contribution in [0.4, 0.5) is 4.79 Å². The fourth-order valence-electron chi connectivity index (χ4n) is 5.72. The fourth-order valence-corrected chi connectivity index (χ4v) is 5.72. The Morgan fingerprint density at radius 3 is 2.74 bits per heavy atom. The summed E-state index contributed by atoms with van der Waals surface area (Å²) in [6.07, 6.45) is -2.03. The van der Waals surface area contributed by atoms with Gasteiger partial charge in [0.15, 0.2) is 11.5 Å². The number of fused-ring (bicyclic) bond motifs is 4. The molecule has 6 atom stereocenters. The summed E-state index contributed by atoms with van der Waals surface area (Å²) in [5.41, 5.74) is 3.53. The van der Waals surface area contributed by atoms with Crippen molar-refractivity contribution in [2.75, 3.05) is 13.4 Å². The number of hydrogen-bond acceptors (Lipinski definition) is 9. The molecular formula is C23H27N3O8. The zero-order valence-corrected chi connectivity index (χ0v) is 18.7. The Morgan fingerprint density at radius 2 is 1.94 bits per heavy atom. The van der Waals surface area contributed by atoms with E-state index in [9.17, 15) is 24.6 Å². The summed E-state index contributed by atoms with van der Waals surface area (Å²) in [4.78, 5) is 39.6. The number of hydrazone groups is 1. The highest BCUT2D eigenvalue weighted by atomic mass is 16.7. The first-order valence-corrected chi connectivity index (χ1v) is 11.5. The number of rotatable bonds is 4. The zero-order valence-electron chi connectivity index (χ0n) is 18.7. The molecule has 0 bridgehead atoms. The minimum Gasteiger partial charge on any atom is -0.454 e. The van der Waals surface area contributed by atoms with E-state index in [1.165, 1.54) is 4.90 Å². The third kappa shape index (κ3) is 3.78. The van der Waals surface area contributed by atoms with Gasteiger partial charge in [0, 0.05) is 24.0 Å². The summed E-state index contributed by atoms with van der Waals surface area (Å²) in [5, 5.41) is 25.5. The number of likely N-dealkylation sites (tertiary alicyclic amines) is 1. The molecule has 5 rings (SSSR count). The van der Waals surface area contributed by atoms with Gasteiger partial charge in [0.2, 0.25) is 18.6 Å². The molecule has 0 spiro atoms. The number of ether oxygens (including phenoxy) is 3. The predicted molar refractivity (Wildman–Crippen MR) is 116 cm³/mol. The molecule has 4 aliphatic rings. The molecule has 1 saturated heterocycles. The number of nitrogens with one attached hydrogen (secondary N) is 1. The quantitative estimate of drug-likeness (QED) is 0.429. The van der Waals surface area contributed by atoms with Crippen molar-refractivity contribution in [2.45, 2.75) is 44.9 Å². The first kappa shape index (κ1) is 22.6. The van der Waals surface area contributed by atoms with Gasteiger partial charge >= 0.3 is 6.09 Å². The summed E-state index contributed by atoms with van der Waals surface area (Å²) in [6, 6.07) is 5.27. The Labute approximate surface area is 195 Å². The number of hydrogen-bond donors (Lipinski definition) is 3. The largest absolute Gasteiger partial charge is 0.454 e. The summed E-state index contributed by atoms with van der Waals surface area (Å²) >= 11 is 0. The van der Waals surface area contributed by atoms with Gasteiger partial charge in [0.25, 0.3) is 0 Å². The molecule has 2 heterocycles. The van der Waals surface area contributed by atoms with E-state index in [-0.39, 0.29) is 44.1 Å². The second-order valence-corrected chi connectivity index (χ2v) is 9.04. The van der Waals surface area contributed by atoms with Crippen molar-refractivity contribution in [3.05, 3.63) is 23.8 Å². The van der Waals surface area contributed by atoms with Crippen molar-refractivity contribution >= 4 is 23.6 Å². The SMILES string of the molecule is CCOC(=O)NN=C1C[C@@H](O)[C@@H](O)[C@@H]2[C@H]3C(=O)N(Cc4ccc5c(c4)OCO5)C(=O)[C@@H]3CC[C@H]12. The van der Waals surface area contributed by atoms with Crippen molar-refractivity contribution in [3.8, 4) is 11.5 Å². The van der Waals surface area contributed by atoms with Crippen LogP contribution in [0.1, 0.15) is 31.7 Å². The highest BCUT2D eigenvalue weighted by molar-refractivity contribution is 6.06. The summed E-state index contributed by atoms with van der Waals surface area (Å²) in [7, 11) is 0. The van der Waals surface area contributed by atoms with E-state index in [0.717, 1.165) is 5.56 Å². The lowest BCUT2D eigenvalue weighted by Gasteiger charge is -2.45. The summed E-state index contributed by atoms with van der Waals surface area (Å²) < 4.78 is 15.5. The highest BCUT2D eigenvalue weighted by Crippen LogP contribution is 2.50. The molecule has 1 aromatic carbocycles. The van der Waals surface area contributed by atoms with Gasteiger partial charge in [-0.2, -0.15) is 5.10 Å². The van der Waals surface area contributed by atoms with Crippen LogP contribution in [0.2, 0.25) is 0 Å². The molecule has 3 fully saturated rings. The van der Waals surface area contributed by atoms with Crippen LogP contribution in [0.3, 0.4) is 0 Å². The molecule has 2 aliphatic carbocycles. The van der Waals surface area contributed by atoms with Crippen LogP contribution in [-0.4, -0.2) is 64.3 Å². The van der Waals surface area contributed by atoms with Crippen molar-refractivity contribution in [1.29, 1.82) is 0 Å². The van der Waals surface area contributed by atoms with Crippen LogP contribution >= 0.6 is 0 Å².